The van der Waals surface area contributed by atoms with E-state index in [-0.39, 0.29) is 11.7 Å². The molecule has 1 aliphatic rings. The Morgan fingerprint density at radius 3 is 2.64 bits per heavy atom. The third-order valence-electron chi connectivity index (χ3n) is 5.46. The summed E-state index contributed by atoms with van der Waals surface area (Å²) in [6.07, 6.45) is 2.85. The molecule has 0 spiro atoms. The molecule has 28 heavy (non-hydrogen) atoms. The van der Waals surface area contributed by atoms with Gasteiger partial charge in [-0.25, -0.2) is 4.39 Å². The van der Waals surface area contributed by atoms with Crippen molar-refractivity contribution in [2.75, 3.05) is 44.2 Å². The first-order valence-electron chi connectivity index (χ1n) is 9.85. The zero-order valence-corrected chi connectivity index (χ0v) is 15.9. The number of nitrogens with one attached hydrogen (secondary N) is 3. The molecule has 0 radical (unpaired) electrons. The lowest BCUT2D eigenvalue weighted by Gasteiger charge is -2.33. The maximum absolute atomic E-state index is 13.1. The van der Waals surface area contributed by atoms with Gasteiger partial charge >= 0.3 is 0 Å². The molecule has 146 valence electrons. The third kappa shape index (κ3) is 4.34. The average Bonchev–Trinajstić information content (AvgIpc) is 3.13. The monoisotopic (exact) mass is 381 g/mol. The minimum Gasteiger partial charge on any atom is -0.361 e. The molecule has 0 aliphatic carbocycles. The maximum Gasteiger partial charge on any atom is 0.275 e. The molecule has 2 aromatic carbocycles. The van der Waals surface area contributed by atoms with E-state index in [1.54, 1.807) is 0 Å². The summed E-state index contributed by atoms with van der Waals surface area (Å²) >= 11 is 0. The minimum absolute atomic E-state index is 0.102. The molecule has 2 heterocycles. The highest BCUT2D eigenvalue weighted by atomic mass is 19.1. The van der Waals surface area contributed by atoms with Crippen molar-refractivity contribution in [2.45, 2.75) is 6.42 Å². The van der Waals surface area contributed by atoms with Gasteiger partial charge in [0, 0.05) is 29.3 Å². The van der Waals surface area contributed by atoms with Gasteiger partial charge in [-0.15, -0.1) is 0 Å². The number of hydrogen-bond donors (Lipinski definition) is 3. The Morgan fingerprint density at radius 1 is 1.11 bits per heavy atom. The normalized spacial score (nSPS) is 15.1. The first-order chi connectivity index (χ1) is 13.7. The molecule has 0 atom stereocenters. The van der Waals surface area contributed by atoms with E-state index in [9.17, 15) is 9.18 Å². The van der Waals surface area contributed by atoms with Crippen LogP contribution in [0.4, 0.5) is 10.1 Å². The fraction of sp³-hybridized carbons (Fsp3) is 0.318. The molecular weight excluding hydrogens is 355 g/mol. The first kappa shape index (κ1) is 18.5. The zero-order valence-electron chi connectivity index (χ0n) is 15.9. The van der Waals surface area contributed by atoms with Crippen molar-refractivity contribution in [2.24, 2.45) is 0 Å². The van der Waals surface area contributed by atoms with E-state index in [1.807, 2.05) is 30.5 Å². The van der Waals surface area contributed by atoms with E-state index in [1.165, 1.54) is 28.0 Å². The molecule has 1 fully saturated rings. The Morgan fingerprint density at radius 2 is 1.86 bits per heavy atom. The number of aromatic amines is 1. The van der Waals surface area contributed by atoms with Crippen molar-refractivity contribution in [1.29, 1.82) is 0 Å². The van der Waals surface area contributed by atoms with Crippen LogP contribution in [0, 0.1) is 5.82 Å². The Kier molecular flexibility index (Phi) is 5.58. The lowest BCUT2D eigenvalue weighted by molar-refractivity contribution is -0.892. The number of nitrogens with zero attached hydrogens (tertiary/aromatic N) is 1. The van der Waals surface area contributed by atoms with Crippen molar-refractivity contribution < 1.29 is 14.1 Å². The van der Waals surface area contributed by atoms with Gasteiger partial charge in [0.1, 0.15) is 5.82 Å². The van der Waals surface area contributed by atoms with Crippen molar-refractivity contribution in [3.8, 4) is 0 Å². The van der Waals surface area contributed by atoms with Crippen LogP contribution < -0.4 is 15.1 Å². The number of piperazine rings is 1. The number of hydrogen-bond acceptors (Lipinski definition) is 2. The van der Waals surface area contributed by atoms with Gasteiger partial charge in [-0.1, -0.05) is 18.2 Å². The molecule has 3 aromatic rings. The molecule has 3 N–H and O–H groups in total. The Hall–Kier alpha value is -2.86. The number of quaternary nitrogens is 1. The van der Waals surface area contributed by atoms with E-state index in [4.69, 9.17) is 0 Å². The molecule has 1 amide bonds. The van der Waals surface area contributed by atoms with Crippen molar-refractivity contribution >= 4 is 22.5 Å². The minimum atomic E-state index is -0.211. The fourth-order valence-electron chi connectivity index (χ4n) is 3.87. The van der Waals surface area contributed by atoms with Gasteiger partial charge in [-0.05, 0) is 42.3 Å². The molecule has 1 aliphatic heterocycles. The summed E-state index contributed by atoms with van der Waals surface area (Å²) in [6, 6.07) is 14.8. The Balaban J connectivity index is 1.20. The summed E-state index contributed by atoms with van der Waals surface area (Å²) in [5.41, 5.74) is 3.41. The number of carbonyl (C=O) groups is 1. The summed E-state index contributed by atoms with van der Waals surface area (Å²) in [6.45, 7) is 4.73. The van der Waals surface area contributed by atoms with Gasteiger partial charge in [-0.2, -0.15) is 0 Å². The predicted octanol–water partition coefficient (Wildman–Crippen LogP) is 1.37. The summed E-state index contributed by atoms with van der Waals surface area (Å²) in [4.78, 5) is 19.1. The van der Waals surface area contributed by atoms with Crippen LogP contribution in [0.1, 0.15) is 5.56 Å². The van der Waals surface area contributed by atoms with Gasteiger partial charge in [0.05, 0.1) is 26.2 Å². The molecule has 4 rings (SSSR count). The quantitative estimate of drug-likeness (QED) is 0.604. The molecule has 0 saturated carbocycles. The van der Waals surface area contributed by atoms with E-state index >= 15 is 0 Å². The van der Waals surface area contributed by atoms with Gasteiger partial charge in [0.15, 0.2) is 6.54 Å². The molecule has 6 heteroatoms. The van der Waals surface area contributed by atoms with Crippen LogP contribution in [0.25, 0.3) is 10.9 Å². The largest absolute Gasteiger partial charge is 0.361 e. The standard InChI is InChI=1S/C22H25FN4O/c23-18-5-7-19(8-6-18)27-13-11-26(12-14-27)16-22(28)24-10-9-17-15-25-21-4-2-1-3-20(17)21/h1-8,15,25H,9-14,16H2,(H,24,28)/p+1. The maximum atomic E-state index is 13.1. The number of benzene rings is 2. The number of aromatic nitrogens is 1. The average molecular weight is 381 g/mol. The zero-order chi connectivity index (χ0) is 19.3. The first-order valence-corrected chi connectivity index (χ1v) is 9.85. The summed E-state index contributed by atoms with van der Waals surface area (Å²) in [5.74, 6) is -0.109. The molecule has 1 saturated heterocycles. The molecule has 0 unspecified atom stereocenters. The number of H-pyrrole nitrogens is 1. The highest BCUT2D eigenvalue weighted by Gasteiger charge is 2.22. The van der Waals surface area contributed by atoms with Crippen molar-refractivity contribution in [1.82, 2.24) is 10.3 Å². The van der Waals surface area contributed by atoms with Crippen LogP contribution >= 0.6 is 0 Å². The summed E-state index contributed by atoms with van der Waals surface area (Å²) in [5, 5.41) is 4.27. The highest BCUT2D eigenvalue weighted by Crippen LogP contribution is 2.17. The van der Waals surface area contributed by atoms with Gasteiger partial charge in [0.25, 0.3) is 5.91 Å². The SMILES string of the molecule is O=C(C[NH+]1CCN(c2ccc(F)cc2)CC1)NCCc1c[nH]c2ccccc12. The number of fused-ring (bicyclic) bond motifs is 1. The van der Waals surface area contributed by atoms with Gasteiger partial charge in [-0.3, -0.25) is 4.79 Å². The Bertz CT molecular complexity index is 929. The number of amides is 1. The van der Waals surface area contributed by atoms with Crippen LogP contribution in [0.15, 0.2) is 54.7 Å². The molecular formula is C22H26FN4O+. The van der Waals surface area contributed by atoms with E-state index < -0.39 is 0 Å². The molecule has 1 aromatic heterocycles. The second-order valence-corrected chi connectivity index (χ2v) is 7.35. The van der Waals surface area contributed by atoms with Gasteiger partial charge in [0.2, 0.25) is 0 Å². The van der Waals surface area contributed by atoms with Crippen LogP contribution in [0.5, 0.6) is 0 Å². The van der Waals surface area contributed by atoms with E-state index in [0.29, 0.717) is 13.1 Å². The number of para-hydroxylation sites is 1. The number of anilines is 1. The third-order valence-corrected chi connectivity index (χ3v) is 5.46. The topological polar surface area (TPSA) is 52.6 Å². The van der Waals surface area contributed by atoms with E-state index in [2.05, 4.69) is 27.3 Å². The van der Waals surface area contributed by atoms with Crippen LogP contribution in [-0.4, -0.2) is 50.2 Å². The van der Waals surface area contributed by atoms with Crippen LogP contribution in [0.3, 0.4) is 0 Å². The lowest BCUT2D eigenvalue weighted by Crippen LogP contribution is -3.16. The fourth-order valence-corrected chi connectivity index (χ4v) is 3.87. The van der Waals surface area contributed by atoms with Gasteiger partial charge < -0.3 is 20.1 Å². The highest BCUT2D eigenvalue weighted by molar-refractivity contribution is 5.83. The van der Waals surface area contributed by atoms with Crippen molar-refractivity contribution in [3.63, 3.8) is 0 Å². The second-order valence-electron chi connectivity index (χ2n) is 7.35. The summed E-state index contributed by atoms with van der Waals surface area (Å²) in [7, 11) is 0. The molecule has 5 nitrogen and oxygen atoms in total. The lowest BCUT2D eigenvalue weighted by atomic mass is 10.1. The van der Waals surface area contributed by atoms with Crippen molar-refractivity contribution in [3.05, 3.63) is 66.1 Å². The second kappa shape index (κ2) is 8.44. The predicted molar refractivity (Wildman–Crippen MR) is 109 cm³/mol. The molecule has 0 bridgehead atoms. The number of halogens is 1. The smallest absolute Gasteiger partial charge is 0.275 e. The number of carbonyl (C=O) groups excluding carboxylic acids is 1. The van der Waals surface area contributed by atoms with Crippen LogP contribution in [0.2, 0.25) is 0 Å². The van der Waals surface area contributed by atoms with E-state index in [0.717, 1.165) is 43.8 Å². The number of rotatable bonds is 6. The summed E-state index contributed by atoms with van der Waals surface area (Å²) < 4.78 is 13.1. The Labute approximate surface area is 164 Å². The van der Waals surface area contributed by atoms with Crippen LogP contribution in [-0.2, 0) is 11.2 Å².